The van der Waals surface area contributed by atoms with Crippen LogP contribution in [0.4, 0.5) is 18.9 Å². The van der Waals surface area contributed by atoms with Crippen LogP contribution in [-0.2, 0) is 7.05 Å². The molecule has 6 nitrogen and oxygen atoms in total. The van der Waals surface area contributed by atoms with E-state index in [2.05, 4.69) is 14.8 Å². The second-order valence-electron chi connectivity index (χ2n) is 8.62. The summed E-state index contributed by atoms with van der Waals surface area (Å²) in [7, 11) is 1.66. The van der Waals surface area contributed by atoms with Gasteiger partial charge in [0.1, 0.15) is 17.3 Å². The van der Waals surface area contributed by atoms with Gasteiger partial charge in [-0.25, -0.2) is 18.2 Å². The third-order valence-corrected chi connectivity index (χ3v) is 6.51. The number of hydrogen-bond acceptors (Lipinski definition) is 5. The van der Waals surface area contributed by atoms with Crippen LogP contribution in [0.15, 0.2) is 35.1 Å². The summed E-state index contributed by atoms with van der Waals surface area (Å²) in [5.41, 5.74) is 2.28. The minimum atomic E-state index is -1.47. The van der Waals surface area contributed by atoms with Crippen molar-refractivity contribution in [1.29, 1.82) is 5.26 Å². The Hall–Kier alpha value is -3.38. The molecule has 1 fully saturated rings. The Morgan fingerprint density at radius 2 is 1.76 bits per heavy atom. The summed E-state index contributed by atoms with van der Waals surface area (Å²) in [6, 6.07) is 8.48. The van der Waals surface area contributed by atoms with Crippen LogP contribution in [-0.4, -0.2) is 39.6 Å². The number of anilines is 1. The van der Waals surface area contributed by atoms with Gasteiger partial charge in [0.15, 0.2) is 17.5 Å². The molecule has 1 saturated heterocycles. The fraction of sp³-hybridized carbons (Fsp3) is 0.375. The summed E-state index contributed by atoms with van der Waals surface area (Å²) in [5.74, 6) is -3.89. The maximum atomic E-state index is 13.8. The first-order valence-corrected chi connectivity index (χ1v) is 10.7. The van der Waals surface area contributed by atoms with Crippen LogP contribution in [0.1, 0.15) is 38.1 Å². The van der Waals surface area contributed by atoms with Crippen molar-refractivity contribution in [3.63, 3.8) is 0 Å². The standard InChI is InChI=1S/C24H24F3N5O/c1-13-12-32(21-9-22(33)30(4)20-6-5-17(10-28)29-24(20)21)14(2)11-31(13)15(3)16-7-18(25)23(27)19(26)8-16/h5-9,13-15H,11-12H2,1-4H3/t13?,14-,15?/m0/s1. The highest BCUT2D eigenvalue weighted by Gasteiger charge is 2.34. The lowest BCUT2D eigenvalue weighted by atomic mass is 10.00. The van der Waals surface area contributed by atoms with Gasteiger partial charge in [-0.15, -0.1) is 0 Å². The number of hydrogen-bond donors (Lipinski definition) is 0. The van der Waals surface area contributed by atoms with Crippen molar-refractivity contribution < 1.29 is 13.2 Å². The SMILES string of the molecule is CC1CN(c2cc(=O)n(C)c3ccc(C#N)nc23)[C@@H](C)CN1C(C)c1cc(F)c(F)c(F)c1. The molecule has 3 aromatic rings. The second-order valence-corrected chi connectivity index (χ2v) is 8.62. The van der Waals surface area contributed by atoms with Crippen LogP contribution in [0.3, 0.4) is 0 Å². The van der Waals surface area contributed by atoms with Crippen molar-refractivity contribution >= 4 is 16.7 Å². The Morgan fingerprint density at radius 3 is 2.39 bits per heavy atom. The number of rotatable bonds is 3. The predicted octanol–water partition coefficient (Wildman–Crippen LogP) is 3.88. The maximum Gasteiger partial charge on any atom is 0.252 e. The molecule has 1 aliphatic heterocycles. The van der Waals surface area contributed by atoms with Crippen LogP contribution in [0.2, 0.25) is 0 Å². The molecule has 2 aromatic heterocycles. The number of nitriles is 1. The first-order chi connectivity index (χ1) is 15.6. The van der Waals surface area contributed by atoms with Gasteiger partial charge in [0, 0.05) is 44.3 Å². The Labute approximate surface area is 189 Å². The lowest BCUT2D eigenvalue weighted by molar-refractivity contribution is 0.119. The van der Waals surface area contributed by atoms with Crippen molar-refractivity contribution in [1.82, 2.24) is 14.5 Å². The summed E-state index contributed by atoms with van der Waals surface area (Å²) in [6.45, 7) is 6.88. The molecule has 1 aliphatic rings. The second kappa shape index (κ2) is 8.52. The molecule has 0 saturated carbocycles. The monoisotopic (exact) mass is 455 g/mol. The van der Waals surface area contributed by atoms with Gasteiger partial charge in [0.2, 0.25) is 0 Å². The summed E-state index contributed by atoms with van der Waals surface area (Å²) < 4.78 is 42.5. The van der Waals surface area contributed by atoms with E-state index in [1.165, 1.54) is 10.6 Å². The lowest BCUT2D eigenvalue weighted by Crippen LogP contribution is -2.57. The fourth-order valence-electron chi connectivity index (χ4n) is 4.63. The van der Waals surface area contributed by atoms with Gasteiger partial charge in [-0.3, -0.25) is 9.69 Å². The molecule has 0 spiro atoms. The molecule has 0 aliphatic carbocycles. The molecule has 2 unspecified atom stereocenters. The molecule has 0 N–H and O–H groups in total. The molecular formula is C24H24F3N5O. The van der Waals surface area contributed by atoms with Crippen LogP contribution in [0, 0.1) is 28.8 Å². The van der Waals surface area contributed by atoms with Crippen LogP contribution >= 0.6 is 0 Å². The van der Waals surface area contributed by atoms with Crippen molar-refractivity contribution in [2.45, 2.75) is 38.9 Å². The zero-order valence-corrected chi connectivity index (χ0v) is 18.8. The zero-order valence-electron chi connectivity index (χ0n) is 18.8. The number of piperazine rings is 1. The lowest BCUT2D eigenvalue weighted by Gasteiger charge is -2.47. The van der Waals surface area contributed by atoms with E-state index in [-0.39, 0.29) is 29.4 Å². The highest BCUT2D eigenvalue weighted by atomic mass is 19.2. The Morgan fingerprint density at radius 1 is 1.09 bits per heavy atom. The first-order valence-electron chi connectivity index (χ1n) is 10.7. The van der Waals surface area contributed by atoms with Crippen molar-refractivity contribution in [2.24, 2.45) is 7.05 Å². The van der Waals surface area contributed by atoms with Crippen LogP contribution in [0.5, 0.6) is 0 Å². The molecule has 1 aromatic carbocycles. The maximum absolute atomic E-state index is 13.8. The Kier molecular flexibility index (Phi) is 5.89. The highest BCUT2D eigenvalue weighted by Crippen LogP contribution is 2.33. The number of aryl methyl sites for hydroxylation is 1. The molecule has 3 heterocycles. The average molecular weight is 455 g/mol. The third kappa shape index (κ3) is 3.95. The molecule has 4 rings (SSSR count). The molecule has 172 valence electrons. The molecular weight excluding hydrogens is 431 g/mol. The van der Waals surface area contributed by atoms with Crippen molar-refractivity contribution in [2.75, 3.05) is 18.0 Å². The molecule has 0 amide bonds. The smallest absolute Gasteiger partial charge is 0.252 e. The van der Waals surface area contributed by atoms with Gasteiger partial charge in [0.05, 0.1) is 11.2 Å². The fourth-order valence-corrected chi connectivity index (χ4v) is 4.63. The minimum Gasteiger partial charge on any atom is -0.364 e. The predicted molar refractivity (Wildman–Crippen MR) is 119 cm³/mol. The summed E-state index contributed by atoms with van der Waals surface area (Å²) in [6.07, 6.45) is 0. The molecule has 33 heavy (non-hydrogen) atoms. The Balaban J connectivity index is 1.69. The van der Waals surface area contributed by atoms with E-state index in [0.29, 0.717) is 35.4 Å². The number of benzene rings is 1. The van der Waals surface area contributed by atoms with E-state index in [0.717, 1.165) is 12.1 Å². The first kappa shape index (κ1) is 22.8. The largest absolute Gasteiger partial charge is 0.364 e. The van der Waals surface area contributed by atoms with Gasteiger partial charge < -0.3 is 9.47 Å². The molecule has 0 radical (unpaired) electrons. The van der Waals surface area contributed by atoms with Gasteiger partial charge in [-0.1, -0.05) is 0 Å². The molecule has 3 atom stereocenters. The Bertz CT molecular complexity index is 1310. The van der Waals surface area contributed by atoms with Gasteiger partial charge in [-0.05, 0) is 50.6 Å². The number of aromatic nitrogens is 2. The van der Waals surface area contributed by atoms with E-state index in [1.54, 1.807) is 19.2 Å². The van der Waals surface area contributed by atoms with Gasteiger partial charge >= 0.3 is 0 Å². The van der Waals surface area contributed by atoms with E-state index in [9.17, 15) is 23.2 Å². The number of fused-ring (bicyclic) bond motifs is 1. The quantitative estimate of drug-likeness (QED) is 0.561. The molecule has 0 bridgehead atoms. The van der Waals surface area contributed by atoms with Crippen LogP contribution in [0.25, 0.3) is 11.0 Å². The van der Waals surface area contributed by atoms with E-state index in [1.807, 2.05) is 26.8 Å². The van der Waals surface area contributed by atoms with Crippen LogP contribution < -0.4 is 10.5 Å². The normalized spacial score (nSPS) is 20.1. The third-order valence-electron chi connectivity index (χ3n) is 6.51. The number of pyridine rings is 2. The highest BCUT2D eigenvalue weighted by molar-refractivity contribution is 5.89. The topological polar surface area (TPSA) is 65.2 Å². The van der Waals surface area contributed by atoms with Crippen molar-refractivity contribution in [3.05, 3.63) is 69.4 Å². The van der Waals surface area contributed by atoms with Gasteiger partial charge in [0.25, 0.3) is 5.56 Å². The van der Waals surface area contributed by atoms with E-state index >= 15 is 0 Å². The summed E-state index contributed by atoms with van der Waals surface area (Å²) in [5, 5.41) is 9.30. The van der Waals surface area contributed by atoms with Gasteiger partial charge in [-0.2, -0.15) is 5.26 Å². The summed E-state index contributed by atoms with van der Waals surface area (Å²) >= 11 is 0. The number of nitrogens with zero attached hydrogens (tertiary/aromatic N) is 5. The van der Waals surface area contributed by atoms with E-state index < -0.39 is 17.5 Å². The summed E-state index contributed by atoms with van der Waals surface area (Å²) in [4.78, 5) is 21.3. The van der Waals surface area contributed by atoms with E-state index in [4.69, 9.17) is 0 Å². The average Bonchev–Trinajstić information content (AvgIpc) is 2.80. The van der Waals surface area contributed by atoms with Crippen molar-refractivity contribution in [3.8, 4) is 6.07 Å². The molecule has 9 heteroatoms. The number of halogens is 3. The minimum absolute atomic E-state index is 0.0503. The zero-order chi connectivity index (χ0) is 24.0.